The Morgan fingerprint density at radius 3 is 2.68 bits per heavy atom. The Morgan fingerprint density at radius 2 is 1.94 bits per heavy atom. The molecule has 1 aromatic heterocycles. The van der Waals surface area contributed by atoms with Crippen LogP contribution in [0.3, 0.4) is 0 Å². The minimum atomic E-state index is -4.52. The lowest BCUT2D eigenvalue weighted by Gasteiger charge is -2.38. The van der Waals surface area contributed by atoms with Crippen LogP contribution >= 0.6 is 0 Å². The number of rotatable bonds is 4. The fourth-order valence-corrected chi connectivity index (χ4v) is 5.35. The van der Waals surface area contributed by atoms with E-state index in [0.29, 0.717) is 36.2 Å². The molecule has 1 aromatic carbocycles. The van der Waals surface area contributed by atoms with Crippen LogP contribution in [0.4, 0.5) is 19.0 Å². The van der Waals surface area contributed by atoms with E-state index in [1.807, 2.05) is 0 Å². The molecule has 5 rings (SSSR count). The van der Waals surface area contributed by atoms with E-state index in [-0.39, 0.29) is 23.7 Å². The lowest BCUT2D eigenvalue weighted by atomic mass is 9.96. The fraction of sp³-hybridized carbons (Fsp3) is 0.565. The van der Waals surface area contributed by atoms with Crippen LogP contribution in [0.5, 0.6) is 11.5 Å². The molecule has 0 bridgehead atoms. The van der Waals surface area contributed by atoms with Crippen LogP contribution in [-0.4, -0.2) is 78.1 Å². The summed E-state index contributed by atoms with van der Waals surface area (Å²) in [6.07, 6.45) is -1.37. The number of ether oxygens (including phenoxy) is 2. The summed E-state index contributed by atoms with van der Waals surface area (Å²) in [5.41, 5.74) is 0.781. The molecular weight excluding hydrogens is 451 g/mol. The number of nitrogens with zero attached hydrogens (tertiary/aromatic N) is 4. The smallest absolute Gasteiger partial charge is 0.410 e. The number of halogens is 3. The van der Waals surface area contributed by atoms with E-state index in [1.54, 1.807) is 23.1 Å². The highest BCUT2D eigenvalue weighted by Gasteiger charge is 2.48. The molecule has 2 fully saturated rings. The van der Waals surface area contributed by atoms with Gasteiger partial charge in [0.25, 0.3) is 5.91 Å². The van der Waals surface area contributed by atoms with E-state index < -0.39 is 18.3 Å². The van der Waals surface area contributed by atoms with Crippen LogP contribution in [0, 0.1) is 0 Å². The number of carbonyl (C=O) groups is 1. The summed E-state index contributed by atoms with van der Waals surface area (Å²) in [6.45, 7) is 2.97. The third kappa shape index (κ3) is 3.95. The predicted octanol–water partition coefficient (Wildman–Crippen LogP) is 3.48. The Labute approximate surface area is 195 Å². The van der Waals surface area contributed by atoms with E-state index in [2.05, 4.69) is 15.3 Å². The zero-order chi connectivity index (χ0) is 24.0. The molecule has 0 saturated carbocycles. The van der Waals surface area contributed by atoms with Gasteiger partial charge in [0.2, 0.25) is 0 Å². The molecule has 0 radical (unpaired) electrons. The van der Waals surface area contributed by atoms with Crippen LogP contribution in [0.15, 0.2) is 24.4 Å². The van der Waals surface area contributed by atoms with Crippen LogP contribution in [0.2, 0.25) is 0 Å². The molecule has 1 N–H and O–H groups in total. The lowest BCUT2D eigenvalue weighted by Crippen LogP contribution is -2.52. The predicted molar refractivity (Wildman–Crippen MR) is 118 cm³/mol. The van der Waals surface area contributed by atoms with Crippen molar-refractivity contribution in [3.63, 3.8) is 0 Å². The van der Waals surface area contributed by atoms with Crippen LogP contribution < -0.4 is 14.8 Å². The Kier molecular flexibility index (Phi) is 5.83. The van der Waals surface area contributed by atoms with Crippen LogP contribution in [-0.2, 0) is 0 Å². The largest absolute Gasteiger partial charge is 0.493 e. The number of methoxy groups -OCH3 is 2. The zero-order valence-electron chi connectivity index (χ0n) is 19.1. The molecule has 0 spiro atoms. The Bertz CT molecular complexity index is 1070. The minimum Gasteiger partial charge on any atom is -0.493 e. The quantitative estimate of drug-likeness (QED) is 0.724. The summed E-state index contributed by atoms with van der Waals surface area (Å²) in [5, 5.41) is 7.17. The van der Waals surface area contributed by atoms with Crippen molar-refractivity contribution in [1.29, 1.82) is 0 Å². The molecule has 3 aliphatic heterocycles. The van der Waals surface area contributed by atoms with Gasteiger partial charge in [-0.2, -0.15) is 18.3 Å². The molecule has 3 atom stereocenters. The molecule has 2 aromatic rings. The maximum absolute atomic E-state index is 14.1. The highest BCUT2D eigenvalue weighted by atomic mass is 19.4. The number of anilines is 1. The summed E-state index contributed by atoms with van der Waals surface area (Å²) >= 11 is 0. The van der Waals surface area contributed by atoms with Gasteiger partial charge in [0.05, 0.1) is 26.5 Å². The standard InChI is InChI=1S/C23H28F3N5O3/c1-33-18-6-5-14(10-19(18)34-2)17-11-20(23(24,25)26)31-21(28-17)16(12-27-31)22(32)30-9-8-29-7-3-4-15(29)13-30/h5-6,10,12,15,17,20,28H,3-4,7-9,11,13H2,1-2H3/t15-,17-,20-/m0/s1. The number of alkyl halides is 3. The van der Waals surface area contributed by atoms with Gasteiger partial charge in [0, 0.05) is 32.1 Å². The summed E-state index contributed by atoms with van der Waals surface area (Å²) in [4.78, 5) is 17.5. The third-order valence-electron chi connectivity index (χ3n) is 7.15. The molecule has 0 unspecified atom stereocenters. The average molecular weight is 480 g/mol. The molecule has 1 amide bonds. The second-order valence-electron chi connectivity index (χ2n) is 9.04. The number of aromatic nitrogens is 2. The van der Waals surface area contributed by atoms with E-state index in [1.165, 1.54) is 20.4 Å². The van der Waals surface area contributed by atoms with Gasteiger partial charge in [-0.3, -0.25) is 9.69 Å². The monoisotopic (exact) mass is 479 g/mol. The summed E-state index contributed by atoms with van der Waals surface area (Å²) in [6, 6.07) is 2.82. The van der Waals surface area contributed by atoms with E-state index >= 15 is 0 Å². The second kappa shape index (κ2) is 8.68. The first-order valence-electron chi connectivity index (χ1n) is 11.5. The summed E-state index contributed by atoms with van der Waals surface area (Å²) in [7, 11) is 2.97. The average Bonchev–Trinajstić information content (AvgIpc) is 3.48. The van der Waals surface area contributed by atoms with Crippen LogP contribution in [0.25, 0.3) is 0 Å². The van der Waals surface area contributed by atoms with Gasteiger partial charge < -0.3 is 19.7 Å². The van der Waals surface area contributed by atoms with E-state index in [9.17, 15) is 18.0 Å². The molecule has 8 nitrogen and oxygen atoms in total. The van der Waals surface area contributed by atoms with Crippen molar-refractivity contribution in [3.05, 3.63) is 35.5 Å². The van der Waals surface area contributed by atoms with Crippen molar-refractivity contribution in [2.45, 2.75) is 43.6 Å². The molecule has 11 heteroatoms. The van der Waals surface area contributed by atoms with Gasteiger partial charge >= 0.3 is 6.18 Å². The number of fused-ring (bicyclic) bond motifs is 2. The first kappa shape index (κ1) is 22.8. The number of amides is 1. The normalized spacial score (nSPS) is 24.9. The first-order valence-corrected chi connectivity index (χ1v) is 11.5. The number of hydrogen-bond donors (Lipinski definition) is 1. The van der Waals surface area contributed by atoms with Crippen molar-refractivity contribution in [2.24, 2.45) is 0 Å². The van der Waals surface area contributed by atoms with Gasteiger partial charge in [-0.05, 0) is 37.1 Å². The van der Waals surface area contributed by atoms with Gasteiger partial charge in [0.1, 0.15) is 11.4 Å². The maximum atomic E-state index is 14.1. The maximum Gasteiger partial charge on any atom is 0.410 e. The van der Waals surface area contributed by atoms with Gasteiger partial charge in [-0.25, -0.2) is 4.68 Å². The number of carbonyl (C=O) groups excluding carboxylic acids is 1. The second-order valence-corrected chi connectivity index (χ2v) is 9.04. The third-order valence-corrected chi connectivity index (χ3v) is 7.15. The summed E-state index contributed by atoms with van der Waals surface area (Å²) < 4.78 is 53.7. The van der Waals surface area contributed by atoms with Crippen molar-refractivity contribution in [1.82, 2.24) is 19.6 Å². The SMILES string of the molecule is COc1ccc([C@@H]2C[C@@H](C(F)(F)F)n3ncc(C(=O)N4CCN5CCC[C@H]5C4)c3N2)cc1OC. The number of nitrogens with one attached hydrogen (secondary N) is 1. The molecule has 3 aliphatic rings. The Hall–Kier alpha value is -2.95. The molecule has 184 valence electrons. The number of piperazine rings is 1. The molecule has 4 heterocycles. The number of hydrogen-bond acceptors (Lipinski definition) is 6. The van der Waals surface area contributed by atoms with Gasteiger partial charge in [0.15, 0.2) is 17.5 Å². The minimum absolute atomic E-state index is 0.104. The Balaban J connectivity index is 1.47. The molecule has 34 heavy (non-hydrogen) atoms. The zero-order valence-corrected chi connectivity index (χ0v) is 19.1. The van der Waals surface area contributed by atoms with Crippen LogP contribution in [0.1, 0.15) is 47.3 Å². The van der Waals surface area contributed by atoms with Crippen molar-refractivity contribution >= 4 is 11.7 Å². The van der Waals surface area contributed by atoms with Crippen molar-refractivity contribution in [2.75, 3.05) is 45.7 Å². The first-order chi connectivity index (χ1) is 16.3. The lowest BCUT2D eigenvalue weighted by molar-refractivity contribution is -0.173. The van der Waals surface area contributed by atoms with Crippen molar-refractivity contribution < 1.29 is 27.4 Å². The molecular formula is C23H28F3N5O3. The van der Waals surface area contributed by atoms with Gasteiger partial charge in [-0.1, -0.05) is 6.07 Å². The van der Waals surface area contributed by atoms with E-state index in [0.717, 1.165) is 30.6 Å². The Morgan fingerprint density at radius 1 is 1.15 bits per heavy atom. The van der Waals surface area contributed by atoms with Gasteiger partial charge in [-0.15, -0.1) is 0 Å². The van der Waals surface area contributed by atoms with E-state index in [4.69, 9.17) is 9.47 Å². The topological polar surface area (TPSA) is 71.9 Å². The summed E-state index contributed by atoms with van der Waals surface area (Å²) in [5.74, 6) is 0.734. The highest BCUT2D eigenvalue weighted by Crippen LogP contribution is 2.45. The van der Waals surface area contributed by atoms with Crippen molar-refractivity contribution in [3.8, 4) is 11.5 Å². The number of benzene rings is 1. The molecule has 0 aliphatic carbocycles. The molecule has 2 saturated heterocycles. The fourth-order valence-electron chi connectivity index (χ4n) is 5.35. The highest BCUT2D eigenvalue weighted by molar-refractivity contribution is 5.99.